The van der Waals surface area contributed by atoms with E-state index in [1.165, 1.54) is 0 Å². The summed E-state index contributed by atoms with van der Waals surface area (Å²) >= 11 is 0. The normalized spacial score (nSPS) is 9.90. The summed E-state index contributed by atoms with van der Waals surface area (Å²) in [6.45, 7) is 0. The van der Waals surface area contributed by atoms with E-state index >= 15 is 0 Å². The maximum Gasteiger partial charge on any atom is 0.139 e. The first kappa shape index (κ1) is 13.7. The van der Waals surface area contributed by atoms with Crippen molar-refractivity contribution in [2.24, 2.45) is 11.7 Å². The van der Waals surface area contributed by atoms with E-state index in [9.17, 15) is 0 Å². The summed E-state index contributed by atoms with van der Waals surface area (Å²) in [7, 11) is 0. The summed E-state index contributed by atoms with van der Waals surface area (Å²) < 4.78 is 0. The average molecular weight is 268 g/mol. The van der Waals surface area contributed by atoms with Crippen LogP contribution in [-0.2, 0) is 0 Å². The summed E-state index contributed by atoms with van der Waals surface area (Å²) in [4.78, 5) is 0. The van der Waals surface area contributed by atoms with E-state index in [4.69, 9.17) is 22.5 Å². The quantitative estimate of drug-likeness (QED) is 0.214. The highest BCUT2D eigenvalue weighted by Gasteiger charge is 2.03. The Bertz CT molecular complexity index is 558. The van der Waals surface area contributed by atoms with E-state index in [1.54, 1.807) is 0 Å². The van der Waals surface area contributed by atoms with Crippen LogP contribution in [0.25, 0.3) is 11.1 Å². The van der Waals surface area contributed by atoms with Crippen molar-refractivity contribution in [3.8, 4) is 11.1 Å². The van der Waals surface area contributed by atoms with Gasteiger partial charge in [0.05, 0.1) is 0 Å². The molecule has 2 rings (SSSR count). The van der Waals surface area contributed by atoms with E-state index in [0.717, 1.165) is 22.3 Å². The highest BCUT2D eigenvalue weighted by atomic mass is 15.2. The molecule has 0 spiro atoms. The van der Waals surface area contributed by atoms with Gasteiger partial charge < -0.3 is 10.9 Å². The fourth-order valence-electron chi connectivity index (χ4n) is 1.83. The summed E-state index contributed by atoms with van der Waals surface area (Å²) in [5.74, 6) is 10.8. The van der Waals surface area contributed by atoms with Gasteiger partial charge in [0.1, 0.15) is 11.7 Å². The van der Waals surface area contributed by atoms with E-state index in [1.807, 2.05) is 48.5 Å². The second-order valence-corrected chi connectivity index (χ2v) is 4.19. The lowest BCUT2D eigenvalue weighted by atomic mass is 10.0. The Balaban J connectivity index is 2.23. The first-order valence-corrected chi connectivity index (χ1v) is 5.97. The van der Waals surface area contributed by atoms with E-state index in [2.05, 4.69) is 10.9 Å². The molecule has 0 saturated carbocycles. The molecule has 6 heteroatoms. The van der Waals surface area contributed by atoms with Gasteiger partial charge in [-0.3, -0.25) is 10.8 Å². The highest BCUT2D eigenvalue weighted by Crippen LogP contribution is 2.20. The Morgan fingerprint density at radius 1 is 0.650 bits per heavy atom. The predicted octanol–water partition coefficient (Wildman–Crippen LogP) is 0.931. The van der Waals surface area contributed by atoms with Crippen LogP contribution in [-0.4, -0.2) is 11.7 Å². The van der Waals surface area contributed by atoms with E-state index < -0.39 is 0 Å². The summed E-state index contributed by atoms with van der Waals surface area (Å²) in [5, 5.41) is 15.1. The molecule has 0 atom stereocenters. The predicted molar refractivity (Wildman–Crippen MR) is 80.2 cm³/mol. The third-order valence-corrected chi connectivity index (χ3v) is 2.97. The lowest BCUT2D eigenvalue weighted by Crippen LogP contribution is -2.30. The Kier molecular flexibility index (Phi) is 4.09. The van der Waals surface area contributed by atoms with Crippen molar-refractivity contribution < 1.29 is 0 Å². The van der Waals surface area contributed by atoms with Crippen molar-refractivity contribution >= 4 is 11.7 Å². The highest BCUT2D eigenvalue weighted by molar-refractivity contribution is 5.97. The van der Waals surface area contributed by atoms with Crippen molar-refractivity contribution in [1.82, 2.24) is 10.9 Å². The number of hydrazine groups is 2. The molecular formula is C14H16N6. The molecule has 0 bridgehead atoms. The molecular weight excluding hydrogens is 252 g/mol. The van der Waals surface area contributed by atoms with Crippen LogP contribution in [0.2, 0.25) is 0 Å². The Morgan fingerprint density at radius 2 is 0.950 bits per heavy atom. The van der Waals surface area contributed by atoms with E-state index in [0.29, 0.717) is 0 Å². The zero-order chi connectivity index (χ0) is 14.5. The van der Waals surface area contributed by atoms with Crippen molar-refractivity contribution in [3.63, 3.8) is 0 Å². The molecule has 0 aliphatic rings. The van der Waals surface area contributed by atoms with Crippen LogP contribution in [0.4, 0.5) is 0 Å². The number of hydrogen-bond acceptors (Lipinski definition) is 4. The summed E-state index contributed by atoms with van der Waals surface area (Å²) in [6.07, 6.45) is 0. The monoisotopic (exact) mass is 268 g/mol. The van der Waals surface area contributed by atoms with Crippen LogP contribution in [0.15, 0.2) is 48.5 Å². The third kappa shape index (κ3) is 2.82. The first-order chi connectivity index (χ1) is 9.65. The summed E-state index contributed by atoms with van der Waals surface area (Å²) in [6, 6.07) is 15.0. The van der Waals surface area contributed by atoms with Crippen LogP contribution in [0, 0.1) is 10.8 Å². The molecule has 0 fully saturated rings. The van der Waals surface area contributed by atoms with Crippen LogP contribution < -0.4 is 22.5 Å². The minimum Gasteiger partial charge on any atom is -0.308 e. The van der Waals surface area contributed by atoms with Crippen LogP contribution >= 0.6 is 0 Å². The third-order valence-electron chi connectivity index (χ3n) is 2.97. The van der Waals surface area contributed by atoms with Gasteiger partial charge in [-0.15, -0.1) is 0 Å². The molecule has 0 saturated heterocycles. The second kappa shape index (κ2) is 5.96. The Labute approximate surface area is 116 Å². The van der Waals surface area contributed by atoms with Gasteiger partial charge in [-0.2, -0.15) is 0 Å². The summed E-state index contributed by atoms with van der Waals surface area (Å²) in [5.41, 5.74) is 8.11. The SMILES string of the molecule is N=C(NN)c1ccc(-c2ccc(C(=N)NN)cc2)cc1. The second-order valence-electron chi connectivity index (χ2n) is 4.19. The zero-order valence-corrected chi connectivity index (χ0v) is 10.8. The van der Waals surface area contributed by atoms with Crippen molar-refractivity contribution in [2.75, 3.05) is 0 Å². The smallest absolute Gasteiger partial charge is 0.139 e. The van der Waals surface area contributed by atoms with Crippen molar-refractivity contribution in [1.29, 1.82) is 10.8 Å². The fraction of sp³-hybridized carbons (Fsp3) is 0. The molecule has 0 amide bonds. The van der Waals surface area contributed by atoms with E-state index in [-0.39, 0.29) is 11.7 Å². The first-order valence-electron chi connectivity index (χ1n) is 5.97. The van der Waals surface area contributed by atoms with Gasteiger partial charge in [0.25, 0.3) is 0 Å². The van der Waals surface area contributed by atoms with Gasteiger partial charge in [0, 0.05) is 11.1 Å². The van der Waals surface area contributed by atoms with Crippen LogP contribution in [0.3, 0.4) is 0 Å². The molecule has 0 aliphatic heterocycles. The minimum atomic E-state index is 0.175. The molecule has 0 aromatic heterocycles. The molecule has 0 aliphatic carbocycles. The number of nitrogens with one attached hydrogen (secondary N) is 4. The van der Waals surface area contributed by atoms with Crippen LogP contribution in [0.5, 0.6) is 0 Å². The molecule has 102 valence electrons. The van der Waals surface area contributed by atoms with Gasteiger partial charge in [0.15, 0.2) is 0 Å². The number of hydrogen-bond donors (Lipinski definition) is 6. The Morgan fingerprint density at radius 3 is 1.20 bits per heavy atom. The standard InChI is InChI=1S/C14H16N6/c15-13(19-17)11-5-1-9(2-6-11)10-3-7-12(8-4-10)14(16)20-18/h1-8H,17-18H2,(H2,15,19)(H2,16,20). The molecule has 2 aromatic rings. The topological polar surface area (TPSA) is 124 Å². The largest absolute Gasteiger partial charge is 0.308 e. The molecule has 0 unspecified atom stereocenters. The molecule has 0 radical (unpaired) electrons. The Hall–Kier alpha value is -2.70. The van der Waals surface area contributed by atoms with Crippen molar-refractivity contribution in [3.05, 3.63) is 59.7 Å². The maximum absolute atomic E-state index is 7.57. The lowest BCUT2D eigenvalue weighted by Gasteiger charge is -2.07. The van der Waals surface area contributed by atoms with Crippen LogP contribution in [0.1, 0.15) is 11.1 Å². The molecule has 6 nitrogen and oxygen atoms in total. The molecule has 2 aromatic carbocycles. The molecule has 8 N–H and O–H groups in total. The number of rotatable bonds is 3. The number of nitrogens with two attached hydrogens (primary N) is 2. The average Bonchev–Trinajstić information content (AvgIpc) is 2.53. The lowest BCUT2D eigenvalue weighted by molar-refractivity contribution is 1.01. The van der Waals surface area contributed by atoms with Gasteiger partial charge in [-0.1, -0.05) is 48.5 Å². The number of benzene rings is 2. The molecule has 20 heavy (non-hydrogen) atoms. The molecule has 0 heterocycles. The van der Waals surface area contributed by atoms with Gasteiger partial charge in [-0.25, -0.2) is 11.7 Å². The van der Waals surface area contributed by atoms with Gasteiger partial charge in [0.2, 0.25) is 0 Å². The van der Waals surface area contributed by atoms with Crippen molar-refractivity contribution in [2.45, 2.75) is 0 Å². The zero-order valence-electron chi connectivity index (χ0n) is 10.8. The van der Waals surface area contributed by atoms with Gasteiger partial charge >= 0.3 is 0 Å². The minimum absolute atomic E-state index is 0.175. The van der Waals surface area contributed by atoms with Gasteiger partial charge in [-0.05, 0) is 11.1 Å². The maximum atomic E-state index is 7.57. The number of amidine groups is 2. The fourth-order valence-corrected chi connectivity index (χ4v) is 1.83.